The lowest BCUT2D eigenvalue weighted by Gasteiger charge is -2.02. The number of nitro groups is 2. The molecule has 0 aliphatic carbocycles. The van der Waals surface area contributed by atoms with Crippen LogP contribution in [0.3, 0.4) is 0 Å². The van der Waals surface area contributed by atoms with Crippen molar-refractivity contribution in [3.8, 4) is 0 Å². The first-order chi connectivity index (χ1) is 12.6. The molecule has 0 aliphatic heterocycles. The summed E-state index contributed by atoms with van der Waals surface area (Å²) in [5, 5.41) is 26.8. The van der Waals surface area contributed by atoms with Crippen molar-refractivity contribution in [2.24, 2.45) is 5.10 Å². The number of hydrogen-bond donors (Lipinski definition) is 1. The molecule has 1 aromatic carbocycles. The molecule has 0 aliphatic rings. The summed E-state index contributed by atoms with van der Waals surface area (Å²) in [4.78, 5) is 20.4. The number of alkyl halides is 1. The summed E-state index contributed by atoms with van der Waals surface area (Å²) in [6.45, 7) is 0. The van der Waals surface area contributed by atoms with E-state index in [2.05, 4.69) is 26.5 Å². The van der Waals surface area contributed by atoms with Crippen LogP contribution in [0, 0.1) is 20.2 Å². The van der Waals surface area contributed by atoms with Crippen LogP contribution < -0.4 is 5.43 Å². The molecular formula is C17H25BrN4O4. The van der Waals surface area contributed by atoms with Crippen LogP contribution in [0.1, 0.15) is 57.8 Å². The molecule has 0 aromatic heterocycles. The number of unbranched alkanes of at least 4 members (excludes halogenated alkanes) is 8. The molecule has 0 fully saturated rings. The Morgan fingerprint density at radius 3 is 2.15 bits per heavy atom. The lowest BCUT2D eigenvalue weighted by molar-refractivity contribution is -0.393. The predicted molar refractivity (Wildman–Crippen MR) is 107 cm³/mol. The smallest absolute Gasteiger partial charge is 0.272 e. The van der Waals surface area contributed by atoms with Crippen molar-refractivity contribution in [2.45, 2.75) is 57.8 Å². The third-order valence-corrected chi connectivity index (χ3v) is 4.44. The van der Waals surface area contributed by atoms with Crippen molar-refractivity contribution in [3.63, 3.8) is 0 Å². The van der Waals surface area contributed by atoms with E-state index < -0.39 is 9.85 Å². The Labute approximate surface area is 161 Å². The van der Waals surface area contributed by atoms with Gasteiger partial charge in [-0.05, 0) is 25.3 Å². The highest BCUT2D eigenvalue weighted by Crippen LogP contribution is 2.28. The van der Waals surface area contributed by atoms with E-state index in [0.717, 1.165) is 30.7 Å². The van der Waals surface area contributed by atoms with E-state index in [1.165, 1.54) is 50.7 Å². The van der Waals surface area contributed by atoms with Crippen LogP contribution >= 0.6 is 15.9 Å². The number of hydrazone groups is 1. The molecule has 0 spiro atoms. The van der Waals surface area contributed by atoms with E-state index in [4.69, 9.17) is 0 Å². The van der Waals surface area contributed by atoms with Gasteiger partial charge in [0.2, 0.25) is 0 Å². The van der Waals surface area contributed by atoms with Gasteiger partial charge in [0, 0.05) is 17.6 Å². The third-order valence-electron chi connectivity index (χ3n) is 3.88. The minimum atomic E-state index is -0.665. The van der Waals surface area contributed by atoms with Gasteiger partial charge in [0.15, 0.2) is 0 Å². The molecule has 0 amide bonds. The lowest BCUT2D eigenvalue weighted by Crippen LogP contribution is -1.98. The Kier molecular flexibility index (Phi) is 11.2. The second-order valence-electron chi connectivity index (χ2n) is 5.95. The van der Waals surface area contributed by atoms with Crippen molar-refractivity contribution in [3.05, 3.63) is 38.4 Å². The fraction of sp³-hybridized carbons (Fsp3) is 0.588. The maximum absolute atomic E-state index is 11.0. The minimum absolute atomic E-state index is 0.139. The predicted octanol–water partition coefficient (Wildman–Crippen LogP) is 5.81. The van der Waals surface area contributed by atoms with E-state index in [9.17, 15) is 20.2 Å². The van der Waals surface area contributed by atoms with Crippen molar-refractivity contribution in [1.82, 2.24) is 0 Å². The number of rotatable bonds is 14. The molecule has 0 radical (unpaired) electrons. The molecule has 0 saturated carbocycles. The molecule has 0 bridgehead atoms. The summed E-state index contributed by atoms with van der Waals surface area (Å²) < 4.78 is 0. The largest absolute Gasteiger partial charge is 0.301 e. The standard InChI is InChI=1S/C17H25BrN4O4/c18-12-8-6-4-2-1-3-5-7-9-13-19-20-16-11-10-15(21(23)24)14-17(16)22(25)26/h10-11,13-14,20H,1-9,12H2. The van der Waals surface area contributed by atoms with Crippen LogP contribution in [0.15, 0.2) is 23.3 Å². The van der Waals surface area contributed by atoms with Crippen molar-refractivity contribution in [1.29, 1.82) is 0 Å². The molecule has 0 atom stereocenters. The number of nitrogens with zero attached hydrogens (tertiary/aromatic N) is 3. The third kappa shape index (κ3) is 8.89. The van der Waals surface area contributed by atoms with Crippen LogP contribution in [0.5, 0.6) is 0 Å². The van der Waals surface area contributed by atoms with Gasteiger partial charge in [0.25, 0.3) is 5.69 Å². The van der Waals surface area contributed by atoms with Crippen LogP contribution in [-0.4, -0.2) is 21.4 Å². The zero-order chi connectivity index (χ0) is 19.2. The molecule has 0 heterocycles. The molecule has 1 rings (SSSR count). The fourth-order valence-corrected chi connectivity index (χ4v) is 2.85. The van der Waals surface area contributed by atoms with E-state index in [1.54, 1.807) is 6.21 Å². The first-order valence-corrected chi connectivity index (χ1v) is 9.94. The maximum atomic E-state index is 11.0. The molecule has 1 aromatic rings. The van der Waals surface area contributed by atoms with Gasteiger partial charge in [-0.15, -0.1) is 0 Å². The Bertz CT molecular complexity index is 610. The quantitative estimate of drug-likeness (QED) is 0.132. The highest BCUT2D eigenvalue weighted by Gasteiger charge is 2.18. The normalized spacial score (nSPS) is 11.0. The zero-order valence-electron chi connectivity index (χ0n) is 14.7. The van der Waals surface area contributed by atoms with Crippen molar-refractivity contribution >= 4 is 39.2 Å². The van der Waals surface area contributed by atoms with Gasteiger partial charge < -0.3 is 0 Å². The number of anilines is 1. The Morgan fingerprint density at radius 2 is 1.58 bits per heavy atom. The summed E-state index contributed by atoms with van der Waals surface area (Å²) in [6.07, 6.45) is 12.2. The molecule has 144 valence electrons. The zero-order valence-corrected chi connectivity index (χ0v) is 16.3. The van der Waals surface area contributed by atoms with E-state index in [1.807, 2.05) is 0 Å². The molecule has 26 heavy (non-hydrogen) atoms. The Balaban J connectivity index is 2.26. The van der Waals surface area contributed by atoms with Crippen molar-refractivity contribution < 1.29 is 9.85 Å². The molecule has 8 nitrogen and oxygen atoms in total. The molecule has 0 saturated heterocycles. The summed E-state index contributed by atoms with van der Waals surface area (Å²) in [6, 6.07) is 3.43. The summed E-state index contributed by atoms with van der Waals surface area (Å²) >= 11 is 3.43. The van der Waals surface area contributed by atoms with Crippen LogP contribution in [0.25, 0.3) is 0 Å². The van der Waals surface area contributed by atoms with E-state index >= 15 is 0 Å². The highest BCUT2D eigenvalue weighted by atomic mass is 79.9. The molecule has 1 N–H and O–H groups in total. The number of benzene rings is 1. The number of nitro benzene ring substituents is 2. The second kappa shape index (κ2) is 13.2. The summed E-state index contributed by atoms with van der Waals surface area (Å²) in [7, 11) is 0. The first-order valence-electron chi connectivity index (χ1n) is 8.82. The van der Waals surface area contributed by atoms with Gasteiger partial charge in [-0.3, -0.25) is 25.7 Å². The van der Waals surface area contributed by atoms with E-state index in [0.29, 0.717) is 0 Å². The van der Waals surface area contributed by atoms with Crippen LogP contribution in [0.2, 0.25) is 0 Å². The molecule has 0 unspecified atom stereocenters. The van der Waals surface area contributed by atoms with Crippen molar-refractivity contribution in [2.75, 3.05) is 10.8 Å². The topological polar surface area (TPSA) is 111 Å². The van der Waals surface area contributed by atoms with Gasteiger partial charge in [-0.1, -0.05) is 54.5 Å². The van der Waals surface area contributed by atoms with Crippen LogP contribution in [-0.2, 0) is 0 Å². The monoisotopic (exact) mass is 428 g/mol. The number of halogens is 1. The number of hydrogen-bond acceptors (Lipinski definition) is 6. The van der Waals surface area contributed by atoms with E-state index in [-0.39, 0.29) is 17.1 Å². The SMILES string of the molecule is O=[N+]([O-])c1ccc(NN=CCCCCCCCCCCBr)c([N+](=O)[O-])c1. The van der Waals surface area contributed by atoms with Gasteiger partial charge >= 0.3 is 5.69 Å². The van der Waals surface area contributed by atoms with Crippen LogP contribution in [0.4, 0.5) is 17.1 Å². The Morgan fingerprint density at radius 1 is 0.962 bits per heavy atom. The Hall–Kier alpha value is -2.03. The van der Waals surface area contributed by atoms with Gasteiger partial charge in [-0.2, -0.15) is 5.10 Å². The molecule has 9 heteroatoms. The minimum Gasteiger partial charge on any atom is -0.272 e. The lowest BCUT2D eigenvalue weighted by atomic mass is 10.1. The average molecular weight is 429 g/mol. The summed E-state index contributed by atoms with van der Waals surface area (Å²) in [5.41, 5.74) is 2.05. The average Bonchev–Trinajstić information content (AvgIpc) is 2.62. The number of non-ortho nitro benzene ring substituents is 1. The highest BCUT2D eigenvalue weighted by molar-refractivity contribution is 9.09. The fourth-order valence-electron chi connectivity index (χ4n) is 2.45. The second-order valence-corrected chi connectivity index (χ2v) is 6.74. The van der Waals surface area contributed by atoms with Gasteiger partial charge in [0.05, 0.1) is 15.9 Å². The first kappa shape index (κ1) is 22.0. The van der Waals surface area contributed by atoms with Gasteiger partial charge in [-0.25, -0.2) is 0 Å². The van der Waals surface area contributed by atoms with Gasteiger partial charge in [0.1, 0.15) is 5.69 Å². The number of nitrogens with one attached hydrogen (secondary N) is 1. The summed E-state index contributed by atoms with van der Waals surface area (Å²) in [5.74, 6) is 0. The maximum Gasteiger partial charge on any atom is 0.301 e. The molecular weight excluding hydrogens is 404 g/mol.